The molecule has 0 unspecified atom stereocenters. The van der Waals surface area contributed by atoms with E-state index in [-0.39, 0.29) is 11.4 Å². The summed E-state index contributed by atoms with van der Waals surface area (Å²) in [7, 11) is 1.64. The zero-order valence-corrected chi connectivity index (χ0v) is 9.92. The van der Waals surface area contributed by atoms with Crippen LogP contribution in [-0.2, 0) is 4.74 Å². The second-order valence-electron chi connectivity index (χ2n) is 4.25. The Morgan fingerprint density at radius 2 is 2.06 bits per heavy atom. The fourth-order valence-electron chi connectivity index (χ4n) is 1.14. The van der Waals surface area contributed by atoms with Gasteiger partial charge in [0.15, 0.2) is 11.6 Å². The molecule has 0 atom stereocenters. The number of hydrogen-bond donors (Lipinski definition) is 1. The minimum atomic E-state index is -0.435. The second-order valence-corrected chi connectivity index (χ2v) is 4.25. The summed E-state index contributed by atoms with van der Waals surface area (Å²) in [6, 6.07) is 4.39. The van der Waals surface area contributed by atoms with Gasteiger partial charge in [0.05, 0.1) is 12.2 Å². The first-order chi connectivity index (χ1) is 7.44. The maximum absolute atomic E-state index is 13.3. The SMILES string of the molecule is COC(C)(C)CCOc1ccc(N)cc1F. The van der Waals surface area contributed by atoms with E-state index < -0.39 is 5.82 Å². The predicted octanol–water partition coefficient (Wildman–Crippen LogP) is 2.60. The second kappa shape index (κ2) is 5.16. The van der Waals surface area contributed by atoms with Crippen LogP contribution in [0.4, 0.5) is 10.1 Å². The van der Waals surface area contributed by atoms with Gasteiger partial charge in [0.1, 0.15) is 0 Å². The molecule has 0 radical (unpaired) electrons. The van der Waals surface area contributed by atoms with Crippen LogP contribution in [0.2, 0.25) is 0 Å². The third-order valence-corrected chi connectivity index (χ3v) is 2.47. The van der Waals surface area contributed by atoms with Crippen LogP contribution >= 0.6 is 0 Å². The fourth-order valence-corrected chi connectivity index (χ4v) is 1.14. The number of benzene rings is 1. The van der Waals surface area contributed by atoms with Crippen molar-refractivity contribution in [2.45, 2.75) is 25.9 Å². The van der Waals surface area contributed by atoms with Gasteiger partial charge in [-0.1, -0.05) is 0 Å². The minimum Gasteiger partial charge on any atom is -0.490 e. The summed E-state index contributed by atoms with van der Waals surface area (Å²) in [6.45, 7) is 4.31. The van der Waals surface area contributed by atoms with E-state index in [4.69, 9.17) is 15.2 Å². The van der Waals surface area contributed by atoms with Gasteiger partial charge in [-0.2, -0.15) is 0 Å². The van der Waals surface area contributed by atoms with Crippen molar-refractivity contribution < 1.29 is 13.9 Å². The molecule has 4 heteroatoms. The molecule has 0 aliphatic carbocycles. The standard InChI is InChI=1S/C12H18FNO2/c1-12(2,15-3)6-7-16-11-5-4-9(14)8-10(11)13/h4-5,8H,6-7,14H2,1-3H3. The van der Waals surface area contributed by atoms with E-state index in [0.29, 0.717) is 18.7 Å². The predicted molar refractivity (Wildman–Crippen MR) is 62.0 cm³/mol. The molecule has 0 bridgehead atoms. The molecule has 1 aromatic rings. The Labute approximate surface area is 95.4 Å². The number of anilines is 1. The maximum Gasteiger partial charge on any atom is 0.167 e. The van der Waals surface area contributed by atoms with Crippen molar-refractivity contribution in [3.05, 3.63) is 24.0 Å². The van der Waals surface area contributed by atoms with E-state index in [1.54, 1.807) is 13.2 Å². The zero-order valence-electron chi connectivity index (χ0n) is 9.92. The third kappa shape index (κ3) is 3.70. The van der Waals surface area contributed by atoms with E-state index >= 15 is 0 Å². The first-order valence-corrected chi connectivity index (χ1v) is 5.17. The van der Waals surface area contributed by atoms with Gasteiger partial charge in [-0.05, 0) is 26.0 Å². The molecule has 0 spiro atoms. The van der Waals surface area contributed by atoms with Gasteiger partial charge in [-0.3, -0.25) is 0 Å². The molecule has 1 rings (SSSR count). The van der Waals surface area contributed by atoms with Crippen LogP contribution in [0.5, 0.6) is 5.75 Å². The lowest BCUT2D eigenvalue weighted by Crippen LogP contribution is -2.25. The molecule has 3 nitrogen and oxygen atoms in total. The molecule has 16 heavy (non-hydrogen) atoms. The number of hydrogen-bond acceptors (Lipinski definition) is 3. The summed E-state index contributed by atoms with van der Waals surface area (Å²) < 4.78 is 23.9. The molecular formula is C12H18FNO2. The summed E-state index contributed by atoms with van der Waals surface area (Å²) in [5.41, 5.74) is 5.56. The Hall–Kier alpha value is -1.29. The number of methoxy groups -OCH3 is 1. The van der Waals surface area contributed by atoms with Gasteiger partial charge >= 0.3 is 0 Å². The number of nitrogen functional groups attached to an aromatic ring is 1. The monoisotopic (exact) mass is 227 g/mol. The summed E-state index contributed by atoms with van der Waals surface area (Å²) in [5, 5.41) is 0. The van der Waals surface area contributed by atoms with Crippen LogP contribution in [0, 0.1) is 5.82 Å². The van der Waals surface area contributed by atoms with Crippen LogP contribution in [0.25, 0.3) is 0 Å². The topological polar surface area (TPSA) is 44.5 Å². The largest absolute Gasteiger partial charge is 0.490 e. The normalized spacial score (nSPS) is 11.5. The van der Waals surface area contributed by atoms with E-state index in [1.807, 2.05) is 13.8 Å². The van der Waals surface area contributed by atoms with Crippen molar-refractivity contribution in [2.24, 2.45) is 0 Å². The van der Waals surface area contributed by atoms with E-state index in [2.05, 4.69) is 0 Å². The van der Waals surface area contributed by atoms with Crippen molar-refractivity contribution >= 4 is 5.69 Å². The summed E-state index contributed by atoms with van der Waals surface area (Å²) in [6.07, 6.45) is 0.688. The smallest absolute Gasteiger partial charge is 0.167 e. The van der Waals surface area contributed by atoms with Crippen LogP contribution < -0.4 is 10.5 Å². The molecule has 0 fully saturated rings. The number of halogens is 1. The highest BCUT2D eigenvalue weighted by atomic mass is 19.1. The van der Waals surface area contributed by atoms with E-state index in [1.165, 1.54) is 12.1 Å². The minimum absolute atomic E-state index is 0.223. The van der Waals surface area contributed by atoms with Crippen molar-refractivity contribution in [3.8, 4) is 5.75 Å². The van der Waals surface area contributed by atoms with Gasteiger partial charge in [0.2, 0.25) is 0 Å². The van der Waals surface area contributed by atoms with Crippen molar-refractivity contribution in [2.75, 3.05) is 19.5 Å². The van der Waals surface area contributed by atoms with Gasteiger partial charge in [-0.15, -0.1) is 0 Å². The zero-order chi connectivity index (χ0) is 12.2. The average Bonchev–Trinajstić information content (AvgIpc) is 2.21. The lowest BCUT2D eigenvalue weighted by Gasteiger charge is -2.22. The van der Waals surface area contributed by atoms with Gasteiger partial charge in [0.25, 0.3) is 0 Å². The molecule has 0 amide bonds. The third-order valence-electron chi connectivity index (χ3n) is 2.47. The van der Waals surface area contributed by atoms with Crippen molar-refractivity contribution in [1.82, 2.24) is 0 Å². The summed E-state index contributed by atoms with van der Waals surface area (Å²) in [4.78, 5) is 0. The van der Waals surface area contributed by atoms with Crippen molar-refractivity contribution in [1.29, 1.82) is 0 Å². The van der Waals surface area contributed by atoms with Gasteiger partial charge in [-0.25, -0.2) is 4.39 Å². The molecular weight excluding hydrogens is 209 g/mol. The highest BCUT2D eigenvalue weighted by Crippen LogP contribution is 2.20. The number of ether oxygens (including phenoxy) is 2. The van der Waals surface area contributed by atoms with E-state index in [0.717, 1.165) is 0 Å². The quantitative estimate of drug-likeness (QED) is 0.786. The van der Waals surface area contributed by atoms with E-state index in [9.17, 15) is 4.39 Å². The maximum atomic E-state index is 13.3. The van der Waals surface area contributed by atoms with Crippen LogP contribution in [0.3, 0.4) is 0 Å². The van der Waals surface area contributed by atoms with Gasteiger partial charge < -0.3 is 15.2 Å². The van der Waals surface area contributed by atoms with Crippen molar-refractivity contribution in [3.63, 3.8) is 0 Å². The van der Waals surface area contributed by atoms with Crippen LogP contribution in [-0.4, -0.2) is 19.3 Å². The molecule has 1 aromatic carbocycles. The Morgan fingerprint density at radius 1 is 1.38 bits per heavy atom. The molecule has 0 aromatic heterocycles. The first kappa shape index (κ1) is 12.8. The highest BCUT2D eigenvalue weighted by Gasteiger charge is 2.16. The Kier molecular flexibility index (Phi) is 4.12. The molecule has 0 heterocycles. The molecule has 0 saturated carbocycles. The average molecular weight is 227 g/mol. The molecule has 90 valence electrons. The number of rotatable bonds is 5. The Balaban J connectivity index is 2.49. The fraction of sp³-hybridized carbons (Fsp3) is 0.500. The Bertz CT molecular complexity index is 353. The van der Waals surface area contributed by atoms with Crippen LogP contribution in [0.15, 0.2) is 18.2 Å². The molecule has 2 N–H and O–H groups in total. The van der Waals surface area contributed by atoms with Crippen LogP contribution in [0.1, 0.15) is 20.3 Å². The first-order valence-electron chi connectivity index (χ1n) is 5.17. The molecule has 0 aliphatic heterocycles. The Morgan fingerprint density at radius 3 is 2.62 bits per heavy atom. The number of nitrogens with two attached hydrogens (primary N) is 1. The molecule has 0 saturated heterocycles. The summed E-state index contributed by atoms with van der Waals surface area (Å²) in [5.74, 6) is -0.212. The molecule has 0 aliphatic rings. The lowest BCUT2D eigenvalue weighted by atomic mass is 10.1. The summed E-state index contributed by atoms with van der Waals surface area (Å²) >= 11 is 0. The lowest BCUT2D eigenvalue weighted by molar-refractivity contribution is 0.00514. The highest BCUT2D eigenvalue weighted by molar-refractivity contribution is 5.42. The van der Waals surface area contributed by atoms with Gasteiger partial charge in [0, 0.05) is 25.3 Å².